The second-order valence-electron chi connectivity index (χ2n) is 5.35. The molecule has 1 aliphatic heterocycles. The van der Waals surface area contributed by atoms with Gasteiger partial charge in [0.2, 0.25) is 11.8 Å². The molecule has 3 rings (SSSR count). The zero-order valence-corrected chi connectivity index (χ0v) is 12.9. The lowest BCUT2D eigenvalue weighted by Gasteiger charge is -2.31. The fraction of sp³-hybridized carbons (Fsp3) is 0.533. The monoisotopic (exact) mass is 305 g/mol. The molecule has 0 unspecified atom stereocenters. The van der Waals surface area contributed by atoms with Gasteiger partial charge in [-0.3, -0.25) is 4.79 Å². The van der Waals surface area contributed by atoms with Crippen molar-refractivity contribution in [2.24, 2.45) is 0 Å². The summed E-state index contributed by atoms with van der Waals surface area (Å²) >= 11 is 1.59. The van der Waals surface area contributed by atoms with E-state index in [1.54, 1.807) is 11.3 Å². The number of hydrogen-bond acceptors (Lipinski definition) is 5. The molecule has 2 aromatic rings. The molecule has 1 saturated heterocycles. The summed E-state index contributed by atoms with van der Waals surface area (Å²) in [5.74, 6) is 1.64. The van der Waals surface area contributed by atoms with Crippen LogP contribution in [-0.4, -0.2) is 34.1 Å². The van der Waals surface area contributed by atoms with Gasteiger partial charge >= 0.3 is 0 Å². The van der Waals surface area contributed by atoms with Crippen molar-refractivity contribution in [1.82, 2.24) is 15.1 Å². The van der Waals surface area contributed by atoms with Crippen LogP contribution >= 0.6 is 11.3 Å². The highest BCUT2D eigenvalue weighted by atomic mass is 32.1. The van der Waals surface area contributed by atoms with E-state index < -0.39 is 0 Å². The highest BCUT2D eigenvalue weighted by molar-refractivity contribution is 7.13. The predicted octanol–water partition coefficient (Wildman–Crippen LogP) is 3.30. The van der Waals surface area contributed by atoms with Crippen LogP contribution < -0.4 is 0 Å². The number of hydrogen-bond donors (Lipinski definition) is 0. The average Bonchev–Trinajstić information content (AvgIpc) is 3.18. The molecule has 1 amide bonds. The summed E-state index contributed by atoms with van der Waals surface area (Å²) in [5, 5.41) is 10.3. The number of aromatic nitrogens is 2. The summed E-state index contributed by atoms with van der Waals surface area (Å²) in [4.78, 5) is 15.0. The fourth-order valence-electron chi connectivity index (χ4n) is 2.68. The normalized spacial score (nSPS) is 18.9. The van der Waals surface area contributed by atoms with Crippen LogP contribution in [-0.2, 0) is 4.79 Å². The van der Waals surface area contributed by atoms with Crippen molar-refractivity contribution in [3.63, 3.8) is 0 Å². The Bertz CT molecular complexity index is 594. The summed E-state index contributed by atoms with van der Waals surface area (Å²) in [5.41, 5.74) is 0. The Morgan fingerprint density at radius 3 is 3.19 bits per heavy atom. The third kappa shape index (κ3) is 3.15. The Balaban J connectivity index is 1.70. The maximum atomic E-state index is 12.0. The van der Waals surface area contributed by atoms with E-state index in [1.807, 2.05) is 29.3 Å². The highest BCUT2D eigenvalue weighted by Gasteiger charge is 2.28. The Hall–Kier alpha value is -1.69. The van der Waals surface area contributed by atoms with Crippen molar-refractivity contribution >= 4 is 17.2 Å². The second kappa shape index (κ2) is 6.39. The van der Waals surface area contributed by atoms with Gasteiger partial charge in [0.15, 0.2) is 0 Å². The summed E-state index contributed by atoms with van der Waals surface area (Å²) < 4.78 is 5.81. The van der Waals surface area contributed by atoms with Crippen LogP contribution in [0.15, 0.2) is 21.9 Å². The van der Waals surface area contributed by atoms with Crippen molar-refractivity contribution in [3.8, 4) is 10.8 Å². The maximum Gasteiger partial charge on any atom is 0.257 e. The van der Waals surface area contributed by atoms with Gasteiger partial charge in [-0.25, -0.2) is 0 Å². The molecule has 3 heterocycles. The molecule has 1 aliphatic rings. The predicted molar refractivity (Wildman–Crippen MR) is 81.1 cm³/mol. The largest absolute Gasteiger partial charge is 0.420 e. The summed E-state index contributed by atoms with van der Waals surface area (Å²) in [6.07, 6.45) is 3.51. The van der Waals surface area contributed by atoms with Crippen LogP contribution in [0.2, 0.25) is 0 Å². The van der Waals surface area contributed by atoms with E-state index in [0.717, 1.165) is 30.7 Å². The number of likely N-dealkylation sites (tertiary alicyclic amines) is 1. The molecule has 1 atom stereocenters. The Kier molecular flexibility index (Phi) is 4.34. The van der Waals surface area contributed by atoms with Gasteiger partial charge in [0.1, 0.15) is 0 Å². The Morgan fingerprint density at radius 1 is 1.52 bits per heavy atom. The van der Waals surface area contributed by atoms with Crippen LogP contribution in [0.4, 0.5) is 0 Å². The van der Waals surface area contributed by atoms with Crippen molar-refractivity contribution < 1.29 is 9.21 Å². The zero-order valence-electron chi connectivity index (χ0n) is 12.1. The number of nitrogens with zero attached hydrogens (tertiary/aromatic N) is 3. The van der Waals surface area contributed by atoms with E-state index in [9.17, 15) is 4.79 Å². The lowest BCUT2D eigenvalue weighted by atomic mass is 9.97. The van der Waals surface area contributed by atoms with Crippen LogP contribution in [0.3, 0.4) is 0 Å². The third-order valence-corrected chi connectivity index (χ3v) is 4.62. The van der Waals surface area contributed by atoms with E-state index in [1.165, 1.54) is 0 Å². The first-order valence-electron chi connectivity index (χ1n) is 7.43. The number of amides is 1. The van der Waals surface area contributed by atoms with E-state index >= 15 is 0 Å². The molecule has 0 spiro atoms. The molecule has 0 aliphatic carbocycles. The standard InChI is InChI=1S/C15H19N3O2S/c1-2-5-13(19)18-8-3-6-11(10-18)14-16-17-15(20-14)12-7-4-9-21-12/h4,7,9,11H,2-3,5-6,8,10H2,1H3/t11-/m0/s1. The molecule has 0 aromatic carbocycles. The lowest BCUT2D eigenvalue weighted by molar-refractivity contribution is -0.132. The molecule has 0 bridgehead atoms. The van der Waals surface area contributed by atoms with Gasteiger partial charge in [-0.1, -0.05) is 13.0 Å². The molecular weight excluding hydrogens is 286 g/mol. The van der Waals surface area contributed by atoms with E-state index in [0.29, 0.717) is 24.7 Å². The summed E-state index contributed by atoms with van der Waals surface area (Å²) in [7, 11) is 0. The zero-order chi connectivity index (χ0) is 14.7. The first kappa shape index (κ1) is 14.3. The van der Waals surface area contributed by atoms with Crippen LogP contribution in [0, 0.1) is 0 Å². The van der Waals surface area contributed by atoms with Crippen LogP contribution in [0.1, 0.15) is 44.4 Å². The average molecular weight is 305 g/mol. The number of carbonyl (C=O) groups is 1. The minimum absolute atomic E-state index is 0.167. The van der Waals surface area contributed by atoms with E-state index in [2.05, 4.69) is 10.2 Å². The molecule has 2 aromatic heterocycles. The van der Waals surface area contributed by atoms with Crippen LogP contribution in [0.5, 0.6) is 0 Å². The smallest absolute Gasteiger partial charge is 0.257 e. The minimum Gasteiger partial charge on any atom is -0.420 e. The van der Waals surface area contributed by atoms with Gasteiger partial charge in [0.05, 0.1) is 10.8 Å². The lowest BCUT2D eigenvalue weighted by Crippen LogP contribution is -2.39. The number of thiophene rings is 1. The Morgan fingerprint density at radius 2 is 2.43 bits per heavy atom. The van der Waals surface area contributed by atoms with Gasteiger partial charge in [-0.05, 0) is 30.7 Å². The van der Waals surface area contributed by atoms with Crippen molar-refractivity contribution in [1.29, 1.82) is 0 Å². The quantitative estimate of drug-likeness (QED) is 0.869. The van der Waals surface area contributed by atoms with Crippen LogP contribution in [0.25, 0.3) is 10.8 Å². The highest BCUT2D eigenvalue weighted by Crippen LogP contribution is 2.30. The molecule has 0 N–H and O–H groups in total. The second-order valence-corrected chi connectivity index (χ2v) is 6.30. The number of rotatable bonds is 4. The van der Waals surface area contributed by atoms with Gasteiger partial charge < -0.3 is 9.32 Å². The molecule has 21 heavy (non-hydrogen) atoms. The van der Waals surface area contributed by atoms with E-state index in [4.69, 9.17) is 4.42 Å². The third-order valence-electron chi connectivity index (χ3n) is 3.76. The molecule has 0 saturated carbocycles. The van der Waals surface area contributed by atoms with Crippen molar-refractivity contribution in [3.05, 3.63) is 23.4 Å². The summed E-state index contributed by atoms with van der Waals surface area (Å²) in [6.45, 7) is 3.58. The maximum absolute atomic E-state index is 12.0. The minimum atomic E-state index is 0.167. The van der Waals surface area contributed by atoms with Gasteiger partial charge in [-0.2, -0.15) is 0 Å². The first-order chi connectivity index (χ1) is 10.3. The molecule has 1 fully saturated rings. The van der Waals surface area contributed by atoms with Crippen molar-refractivity contribution in [2.45, 2.75) is 38.5 Å². The van der Waals surface area contributed by atoms with Gasteiger partial charge in [0, 0.05) is 19.5 Å². The molecule has 6 heteroatoms. The topological polar surface area (TPSA) is 59.2 Å². The molecular formula is C15H19N3O2S. The van der Waals surface area contributed by atoms with Gasteiger partial charge in [-0.15, -0.1) is 21.5 Å². The number of carbonyl (C=O) groups excluding carboxylic acids is 1. The SMILES string of the molecule is CCCC(=O)N1CCC[C@H](c2nnc(-c3cccs3)o2)C1. The molecule has 5 nitrogen and oxygen atoms in total. The van der Waals surface area contributed by atoms with Gasteiger partial charge in [0.25, 0.3) is 5.89 Å². The van der Waals surface area contributed by atoms with Crippen molar-refractivity contribution in [2.75, 3.05) is 13.1 Å². The Labute approximate surface area is 128 Å². The molecule has 0 radical (unpaired) electrons. The fourth-order valence-corrected chi connectivity index (χ4v) is 3.32. The summed E-state index contributed by atoms with van der Waals surface area (Å²) in [6, 6.07) is 3.94. The van der Waals surface area contributed by atoms with E-state index in [-0.39, 0.29) is 11.8 Å². The number of piperidine rings is 1. The molecule has 112 valence electrons. The first-order valence-corrected chi connectivity index (χ1v) is 8.31.